The minimum absolute atomic E-state index is 0.0226. The smallest absolute Gasteiger partial charge is 0.435 e. The number of anilines is 1. The molecule has 1 saturated carbocycles. The zero-order valence-electron chi connectivity index (χ0n) is 38.7. The summed E-state index contributed by atoms with van der Waals surface area (Å²) in [4.78, 5) is 45.6. The van der Waals surface area contributed by atoms with Crippen LogP contribution in [0.3, 0.4) is 0 Å². The largest absolute Gasteiger partial charge is 0.480 e. The van der Waals surface area contributed by atoms with Gasteiger partial charge in [-0.25, -0.2) is 40.2 Å². The van der Waals surface area contributed by atoms with Gasteiger partial charge in [0.15, 0.2) is 21.3 Å². The molecule has 3 aromatic heterocycles. The van der Waals surface area contributed by atoms with Crippen molar-refractivity contribution in [3.63, 3.8) is 0 Å². The molecule has 8 rings (SSSR count). The van der Waals surface area contributed by atoms with Crippen LogP contribution >= 0.6 is 11.6 Å². The molecule has 0 radical (unpaired) electrons. The highest BCUT2D eigenvalue weighted by molar-refractivity contribution is 7.93. The summed E-state index contributed by atoms with van der Waals surface area (Å²) in [6.07, 6.45) is -10.1. The van der Waals surface area contributed by atoms with Crippen LogP contribution in [0.15, 0.2) is 42.5 Å². The molecule has 2 aliphatic carbocycles. The molecule has 4 heterocycles. The van der Waals surface area contributed by atoms with E-state index in [2.05, 4.69) is 32.3 Å². The highest BCUT2D eigenvalue weighted by atomic mass is 35.5. The van der Waals surface area contributed by atoms with Crippen molar-refractivity contribution >= 4 is 66.1 Å². The number of alkyl halides is 8. The number of carbonyl (C=O) groups is 3. The van der Waals surface area contributed by atoms with Crippen molar-refractivity contribution in [2.45, 2.75) is 93.6 Å². The maximum atomic E-state index is 15.6. The molecule has 1 saturated heterocycles. The summed E-state index contributed by atoms with van der Waals surface area (Å²) in [5, 5.41) is 18.4. The van der Waals surface area contributed by atoms with E-state index in [4.69, 9.17) is 11.6 Å². The lowest BCUT2D eigenvalue weighted by molar-refractivity contribution is -0.143. The molecule has 2 N–H and O–H groups in total. The number of carboxylic acids is 1. The minimum Gasteiger partial charge on any atom is -0.480 e. The number of sulfone groups is 1. The molecule has 1 aliphatic heterocycles. The third-order valence-corrected chi connectivity index (χ3v) is 16.1. The van der Waals surface area contributed by atoms with Gasteiger partial charge in [0.25, 0.3) is 5.92 Å². The predicted octanol–water partition coefficient (Wildman–Crippen LogP) is 7.73. The highest BCUT2D eigenvalue weighted by Crippen LogP contribution is 2.68. The number of carbonyl (C=O) groups excluding carboxylic acids is 2. The number of halogens is 11. The lowest BCUT2D eigenvalue weighted by Gasteiger charge is -2.27. The number of aromatic nitrogens is 5. The number of aliphatic carboxylic acids is 1. The summed E-state index contributed by atoms with van der Waals surface area (Å²) in [5.41, 5.74) is -6.13. The number of hydrogen-bond acceptors (Lipinski definition) is 10. The SMILES string of the molecule is CC(C)(C#Cc1ccc(-c2ccc(Cl)c3c(N(C(=O)N4CCC[C@H]4C(=O)O)S(C)(=O)=O)nn(CC(F)(F)F)c23)c(C(Cc2cc(F)cc(F)c2)NC(=O)Cn2nc(C(F)(F)F)c3c2C(F)(F)[C@@H]2C[C@H]32)n1)S(C)(=O)=O. The van der Waals surface area contributed by atoms with E-state index in [9.17, 15) is 71.4 Å². The zero-order valence-corrected chi connectivity index (χ0v) is 41.1. The number of amides is 3. The third kappa shape index (κ3) is 10.2. The Labute approximate surface area is 418 Å². The number of sulfonamides is 1. The van der Waals surface area contributed by atoms with Crippen LogP contribution in [0.25, 0.3) is 22.0 Å². The Balaban J connectivity index is 1.37. The van der Waals surface area contributed by atoms with Gasteiger partial charge in [0.1, 0.15) is 46.9 Å². The molecule has 396 valence electrons. The van der Waals surface area contributed by atoms with Gasteiger partial charge in [-0.2, -0.15) is 49.6 Å². The molecule has 16 nitrogen and oxygen atoms in total. The van der Waals surface area contributed by atoms with Crippen molar-refractivity contribution in [3.05, 3.63) is 93.0 Å². The zero-order chi connectivity index (χ0) is 54.6. The Hall–Kier alpha value is -6.47. The molecule has 29 heteroatoms. The first kappa shape index (κ1) is 53.8. The Bertz CT molecular complexity index is 3460. The average molecular weight is 1110 g/mol. The van der Waals surface area contributed by atoms with Crippen LogP contribution in [-0.2, 0) is 61.1 Å². The second kappa shape index (κ2) is 18.4. The summed E-state index contributed by atoms with van der Waals surface area (Å²) in [6, 6.07) is 1.50. The number of likely N-dealkylation sites (tertiary alicyclic amines) is 1. The fraction of sp³-hybridized carbons (Fsp3) is 0.422. The lowest BCUT2D eigenvalue weighted by Crippen LogP contribution is -2.50. The predicted molar refractivity (Wildman–Crippen MR) is 243 cm³/mol. The molecule has 3 amide bonds. The van der Waals surface area contributed by atoms with Crippen LogP contribution < -0.4 is 9.62 Å². The van der Waals surface area contributed by atoms with Gasteiger partial charge >= 0.3 is 24.4 Å². The molecule has 5 aromatic rings. The van der Waals surface area contributed by atoms with Gasteiger partial charge in [-0.3, -0.25) is 14.2 Å². The summed E-state index contributed by atoms with van der Waals surface area (Å²) in [5.74, 6) is -7.73. The van der Waals surface area contributed by atoms with Crippen molar-refractivity contribution in [1.82, 2.24) is 34.8 Å². The normalized spacial score (nSPS) is 18.9. The lowest BCUT2D eigenvalue weighted by atomic mass is 9.93. The van der Waals surface area contributed by atoms with E-state index in [1.165, 1.54) is 13.8 Å². The van der Waals surface area contributed by atoms with Crippen molar-refractivity contribution in [3.8, 4) is 23.0 Å². The number of fused-ring (bicyclic) bond motifs is 4. The molecule has 2 aromatic carbocycles. The van der Waals surface area contributed by atoms with E-state index < -0.39 is 166 Å². The summed E-state index contributed by atoms with van der Waals surface area (Å²) >= 11 is 6.66. The van der Waals surface area contributed by atoms with Crippen molar-refractivity contribution in [1.29, 1.82) is 0 Å². The van der Waals surface area contributed by atoms with Crippen molar-refractivity contribution < 1.29 is 80.2 Å². The van der Waals surface area contributed by atoms with E-state index in [0.717, 1.165) is 42.7 Å². The van der Waals surface area contributed by atoms with E-state index >= 15 is 8.78 Å². The molecular weight excluding hydrogens is 1070 g/mol. The maximum Gasteiger partial charge on any atom is 0.435 e. The van der Waals surface area contributed by atoms with Crippen LogP contribution in [0.4, 0.5) is 54.5 Å². The molecule has 74 heavy (non-hydrogen) atoms. The first-order valence-electron chi connectivity index (χ1n) is 21.9. The van der Waals surface area contributed by atoms with Crippen LogP contribution in [0.2, 0.25) is 5.02 Å². The van der Waals surface area contributed by atoms with Crippen molar-refractivity contribution in [2.24, 2.45) is 5.92 Å². The molecule has 3 aliphatic rings. The fourth-order valence-corrected chi connectivity index (χ4v) is 10.5. The molecule has 0 bridgehead atoms. The minimum atomic E-state index is -5.24. The van der Waals surface area contributed by atoms with E-state index in [1.54, 1.807) is 0 Å². The number of nitrogens with zero attached hydrogens (tertiary/aromatic N) is 7. The Morgan fingerprint density at radius 3 is 2.20 bits per heavy atom. The van der Waals surface area contributed by atoms with Gasteiger partial charge < -0.3 is 15.3 Å². The molecular formula is C45H39ClF10N8O8S2. The summed E-state index contributed by atoms with van der Waals surface area (Å²) in [6.45, 7) is -1.20. The van der Waals surface area contributed by atoms with E-state index in [-0.39, 0.29) is 56.3 Å². The number of benzene rings is 2. The van der Waals surface area contributed by atoms with Crippen LogP contribution in [0, 0.1) is 29.4 Å². The van der Waals surface area contributed by atoms with Gasteiger partial charge in [-0.15, -0.1) is 0 Å². The van der Waals surface area contributed by atoms with Crippen LogP contribution in [0.1, 0.15) is 79.0 Å². The van der Waals surface area contributed by atoms with Crippen molar-refractivity contribution in [2.75, 3.05) is 23.4 Å². The van der Waals surface area contributed by atoms with Crippen LogP contribution in [0.5, 0.6) is 0 Å². The third-order valence-electron chi connectivity index (χ3n) is 12.8. The van der Waals surface area contributed by atoms with Crippen LogP contribution in [-0.4, -0.2) is 105 Å². The topological polar surface area (TPSA) is 207 Å². The quantitative estimate of drug-likeness (QED) is 0.0913. The number of urea groups is 1. The number of hydrogen-bond donors (Lipinski definition) is 2. The second-order valence-electron chi connectivity index (χ2n) is 18.5. The first-order valence-corrected chi connectivity index (χ1v) is 26.0. The first-order chi connectivity index (χ1) is 34.1. The molecule has 1 unspecified atom stereocenters. The molecule has 0 spiro atoms. The Kier molecular flexibility index (Phi) is 13.4. The number of carboxylic acid groups (broad SMARTS) is 1. The van der Waals surface area contributed by atoms with Gasteiger partial charge in [0.2, 0.25) is 15.9 Å². The van der Waals surface area contributed by atoms with E-state index in [0.29, 0.717) is 17.2 Å². The fourth-order valence-electron chi connectivity index (χ4n) is 9.16. The molecule has 2 fully saturated rings. The maximum absolute atomic E-state index is 15.6. The highest BCUT2D eigenvalue weighted by Gasteiger charge is 2.68. The number of nitrogens with one attached hydrogen (secondary N) is 1. The van der Waals surface area contributed by atoms with Gasteiger partial charge in [0, 0.05) is 41.5 Å². The number of pyridine rings is 1. The summed E-state index contributed by atoms with van der Waals surface area (Å²) < 4.78 is 198. The number of rotatable bonds is 12. The standard InChI is InChI=1S/C45H39ClF10N8O8S2/c1-42(2,73(3,69)70)12-11-24-7-8-25(26-9-10-29(46)34-36(26)63(20-43(49,50)51)60-39(34)64(74(4,71)72)41(68)61-13-5-6-31(61)40(66)67)35(57-24)30(16-21-14-22(47)17-23(48)15-21)58-32(65)19-62-38-33(37(59-62)45(54,55)56)27-18-28(27)44(38,52)53/h7-10,14-15,17,27-28,30-31H,5-6,13,16,18-20H2,1-4H3,(H,58,65)(H,66,67)/t27-,28+,30?,31-/m0/s1. The average Bonchev–Trinajstić information content (AvgIpc) is 3.48. The monoisotopic (exact) mass is 1110 g/mol. The molecule has 4 atom stereocenters. The second-order valence-corrected chi connectivity index (χ2v) is 23.3. The van der Waals surface area contributed by atoms with E-state index in [1.807, 2.05) is 0 Å². The van der Waals surface area contributed by atoms with Gasteiger partial charge in [0.05, 0.1) is 33.9 Å². The Morgan fingerprint density at radius 1 is 0.959 bits per heavy atom. The Morgan fingerprint density at radius 2 is 1.61 bits per heavy atom. The summed E-state index contributed by atoms with van der Waals surface area (Å²) in [7, 11) is -8.86. The van der Waals surface area contributed by atoms with Gasteiger partial charge in [-0.1, -0.05) is 23.6 Å². The van der Waals surface area contributed by atoms with Gasteiger partial charge in [-0.05, 0) is 87.3 Å².